The van der Waals surface area contributed by atoms with Crippen molar-refractivity contribution in [3.05, 3.63) is 42.2 Å². The normalized spacial score (nSPS) is 16.3. The summed E-state index contributed by atoms with van der Waals surface area (Å²) in [5, 5.41) is 4.20. The molecule has 0 bridgehead atoms. The number of thioether (sulfide) groups is 1. The molecule has 25 heavy (non-hydrogen) atoms. The van der Waals surface area contributed by atoms with E-state index in [9.17, 15) is 0 Å². The van der Waals surface area contributed by atoms with Crippen LogP contribution in [-0.4, -0.2) is 49.0 Å². The van der Waals surface area contributed by atoms with Crippen molar-refractivity contribution in [3.63, 3.8) is 0 Å². The number of nitrogens with zero attached hydrogens (tertiary/aromatic N) is 3. The average molecular weight is 358 g/mol. The van der Waals surface area contributed by atoms with Gasteiger partial charge >= 0.3 is 0 Å². The number of benzene rings is 1. The maximum atomic E-state index is 5.86. The fourth-order valence-corrected chi connectivity index (χ4v) is 3.08. The van der Waals surface area contributed by atoms with Gasteiger partial charge in [-0.1, -0.05) is 11.8 Å². The zero-order valence-corrected chi connectivity index (χ0v) is 15.3. The molecule has 6 nitrogen and oxygen atoms in total. The Morgan fingerprint density at radius 3 is 2.96 bits per heavy atom. The van der Waals surface area contributed by atoms with E-state index in [0.717, 1.165) is 35.4 Å². The van der Waals surface area contributed by atoms with Crippen LogP contribution in [0, 0.1) is 0 Å². The molecule has 0 radical (unpaired) electrons. The molecule has 0 aromatic heterocycles. The van der Waals surface area contributed by atoms with Crippen LogP contribution in [0.25, 0.3) is 0 Å². The smallest absolute Gasteiger partial charge is 0.165 e. The van der Waals surface area contributed by atoms with Crippen molar-refractivity contribution >= 4 is 29.0 Å². The van der Waals surface area contributed by atoms with Crippen LogP contribution >= 0.6 is 11.8 Å². The average Bonchev–Trinajstić information content (AvgIpc) is 2.65. The number of ether oxygens (including phenoxy) is 2. The molecule has 1 aromatic rings. The van der Waals surface area contributed by atoms with E-state index in [-0.39, 0.29) is 0 Å². The maximum absolute atomic E-state index is 5.86. The van der Waals surface area contributed by atoms with Gasteiger partial charge in [0.2, 0.25) is 0 Å². The van der Waals surface area contributed by atoms with E-state index < -0.39 is 0 Å². The van der Waals surface area contributed by atoms with Gasteiger partial charge in [-0.05, 0) is 30.7 Å². The Hall–Kier alpha value is -2.41. The van der Waals surface area contributed by atoms with Crippen LogP contribution in [0.4, 0.5) is 5.69 Å². The topological polar surface area (TPSA) is 58.4 Å². The SMILES string of the molecule is COc1cc(NC2=NC=C(C)CS2)ccc1OCCN1C=NC=CC1. The fraction of sp³-hybridized carbons (Fsp3) is 0.333. The van der Waals surface area contributed by atoms with Crippen molar-refractivity contribution in [3.8, 4) is 11.5 Å². The first kappa shape index (κ1) is 17.4. The summed E-state index contributed by atoms with van der Waals surface area (Å²) in [5.41, 5.74) is 2.20. The van der Waals surface area contributed by atoms with Crippen LogP contribution in [0.1, 0.15) is 6.92 Å². The second-order valence-corrected chi connectivity index (χ2v) is 6.65. The van der Waals surface area contributed by atoms with Gasteiger partial charge in [0.05, 0.1) is 20.0 Å². The highest BCUT2D eigenvalue weighted by Crippen LogP contribution is 2.31. The molecule has 2 heterocycles. The van der Waals surface area contributed by atoms with Crippen LogP contribution in [0.3, 0.4) is 0 Å². The largest absolute Gasteiger partial charge is 0.493 e. The highest BCUT2D eigenvalue weighted by atomic mass is 32.2. The van der Waals surface area contributed by atoms with Gasteiger partial charge in [0.25, 0.3) is 0 Å². The van der Waals surface area contributed by atoms with E-state index in [2.05, 4.69) is 27.1 Å². The Morgan fingerprint density at radius 1 is 1.32 bits per heavy atom. The molecule has 0 amide bonds. The van der Waals surface area contributed by atoms with E-state index in [1.807, 2.05) is 36.8 Å². The van der Waals surface area contributed by atoms with Crippen LogP contribution in [0.5, 0.6) is 11.5 Å². The predicted octanol–water partition coefficient (Wildman–Crippen LogP) is 3.35. The molecule has 132 valence electrons. The van der Waals surface area contributed by atoms with Gasteiger partial charge in [-0.25, -0.2) is 9.98 Å². The molecule has 1 N–H and O–H groups in total. The second kappa shape index (κ2) is 8.62. The Bertz CT molecular complexity index is 728. The molecule has 0 spiro atoms. The van der Waals surface area contributed by atoms with Crippen molar-refractivity contribution in [2.24, 2.45) is 9.98 Å². The summed E-state index contributed by atoms with van der Waals surface area (Å²) in [7, 11) is 1.65. The van der Waals surface area contributed by atoms with Crippen molar-refractivity contribution in [2.75, 3.05) is 37.9 Å². The van der Waals surface area contributed by atoms with Crippen LogP contribution in [0.15, 0.2) is 52.2 Å². The highest BCUT2D eigenvalue weighted by molar-refractivity contribution is 8.14. The molecule has 1 aromatic carbocycles. The Labute approximate surface area is 152 Å². The molecule has 0 unspecified atom stereocenters. The number of hydrogen-bond acceptors (Lipinski definition) is 7. The quantitative estimate of drug-likeness (QED) is 0.845. The third-order valence-corrected chi connectivity index (χ3v) is 4.73. The summed E-state index contributed by atoms with van der Waals surface area (Å²) >= 11 is 1.69. The third kappa shape index (κ3) is 5.03. The van der Waals surface area contributed by atoms with Crippen molar-refractivity contribution < 1.29 is 9.47 Å². The molecular formula is C18H22N4O2S. The minimum Gasteiger partial charge on any atom is -0.493 e. The fourth-order valence-electron chi connectivity index (χ4n) is 2.33. The summed E-state index contributed by atoms with van der Waals surface area (Å²) in [5.74, 6) is 2.39. The molecule has 7 heteroatoms. The molecule has 2 aliphatic rings. The standard InChI is InChI=1S/C18H22N4O2S/c1-14-11-20-18(25-12-14)21-15-4-5-16(17(10-15)23-2)24-9-8-22-7-3-6-19-13-22/h3-6,10-11,13H,7-9,12H2,1-2H3,(H,20,21). The van der Waals surface area contributed by atoms with E-state index in [1.165, 1.54) is 5.57 Å². The van der Waals surface area contributed by atoms with Crippen molar-refractivity contribution in [1.82, 2.24) is 4.90 Å². The summed E-state index contributed by atoms with van der Waals surface area (Å²) in [6.07, 6.45) is 7.54. The van der Waals surface area contributed by atoms with E-state index in [0.29, 0.717) is 12.4 Å². The lowest BCUT2D eigenvalue weighted by atomic mass is 10.3. The first-order valence-corrected chi connectivity index (χ1v) is 9.09. The molecule has 0 saturated carbocycles. The lowest BCUT2D eigenvalue weighted by Gasteiger charge is -2.20. The number of aliphatic imine (C=N–C) groups is 2. The number of nitrogens with one attached hydrogen (secondary N) is 1. The molecule has 0 saturated heterocycles. The molecular weight excluding hydrogens is 336 g/mol. The molecule has 0 aliphatic carbocycles. The second-order valence-electron chi connectivity index (χ2n) is 5.68. The molecule has 2 aliphatic heterocycles. The number of amidine groups is 1. The molecule has 0 atom stereocenters. The monoisotopic (exact) mass is 358 g/mol. The summed E-state index contributed by atoms with van der Waals surface area (Å²) < 4.78 is 11.3. The molecule has 0 fully saturated rings. The van der Waals surface area contributed by atoms with E-state index >= 15 is 0 Å². The highest BCUT2D eigenvalue weighted by Gasteiger charge is 2.10. The van der Waals surface area contributed by atoms with Crippen LogP contribution in [0.2, 0.25) is 0 Å². The van der Waals surface area contributed by atoms with Crippen LogP contribution in [-0.2, 0) is 0 Å². The van der Waals surface area contributed by atoms with Crippen molar-refractivity contribution in [1.29, 1.82) is 0 Å². The minimum absolute atomic E-state index is 0.565. The number of methoxy groups -OCH3 is 1. The lowest BCUT2D eigenvalue weighted by Crippen LogP contribution is -2.28. The third-order valence-electron chi connectivity index (χ3n) is 3.65. The van der Waals surface area contributed by atoms with Gasteiger partial charge < -0.3 is 19.7 Å². The predicted molar refractivity (Wildman–Crippen MR) is 105 cm³/mol. The van der Waals surface area contributed by atoms with Gasteiger partial charge in [-0.3, -0.25) is 0 Å². The summed E-state index contributed by atoms with van der Waals surface area (Å²) in [6, 6.07) is 5.81. The number of anilines is 1. The molecule has 3 rings (SSSR count). The Balaban J connectivity index is 1.57. The number of rotatable bonds is 6. The van der Waals surface area contributed by atoms with E-state index in [4.69, 9.17) is 9.47 Å². The summed E-state index contributed by atoms with van der Waals surface area (Å²) in [4.78, 5) is 10.6. The van der Waals surface area contributed by atoms with Gasteiger partial charge in [0.15, 0.2) is 16.7 Å². The first-order valence-electron chi connectivity index (χ1n) is 8.11. The van der Waals surface area contributed by atoms with Crippen LogP contribution < -0.4 is 14.8 Å². The zero-order valence-electron chi connectivity index (χ0n) is 14.4. The summed E-state index contributed by atoms with van der Waals surface area (Å²) in [6.45, 7) is 4.28. The lowest BCUT2D eigenvalue weighted by molar-refractivity contribution is 0.265. The van der Waals surface area contributed by atoms with Crippen molar-refractivity contribution in [2.45, 2.75) is 6.92 Å². The maximum Gasteiger partial charge on any atom is 0.165 e. The van der Waals surface area contributed by atoms with Gasteiger partial charge in [-0.2, -0.15) is 0 Å². The van der Waals surface area contributed by atoms with Gasteiger partial charge in [-0.15, -0.1) is 0 Å². The Morgan fingerprint density at radius 2 is 2.24 bits per heavy atom. The number of hydrogen-bond donors (Lipinski definition) is 1. The van der Waals surface area contributed by atoms with E-state index in [1.54, 1.807) is 25.1 Å². The van der Waals surface area contributed by atoms with Gasteiger partial charge in [0.1, 0.15) is 6.61 Å². The Kier molecular flexibility index (Phi) is 6.00. The zero-order chi connectivity index (χ0) is 17.5. The first-order chi connectivity index (χ1) is 12.2. The minimum atomic E-state index is 0.565. The van der Waals surface area contributed by atoms with Gasteiger partial charge in [0, 0.05) is 36.5 Å².